The first-order valence-electron chi connectivity index (χ1n) is 7.13. The first-order valence-corrected chi connectivity index (χ1v) is 7.13. The molecular formula is C15H20N2O3. The van der Waals surface area contributed by atoms with Crippen molar-refractivity contribution in [2.75, 3.05) is 19.7 Å². The summed E-state index contributed by atoms with van der Waals surface area (Å²) in [7, 11) is 0. The largest absolute Gasteiger partial charge is 0.508 e. The van der Waals surface area contributed by atoms with E-state index in [0.29, 0.717) is 13.2 Å². The molecule has 2 aliphatic heterocycles. The average molecular weight is 276 g/mol. The molecular weight excluding hydrogens is 256 g/mol. The van der Waals surface area contributed by atoms with Crippen LogP contribution < -0.4 is 5.32 Å². The van der Waals surface area contributed by atoms with Crippen LogP contribution in [0.5, 0.6) is 5.75 Å². The Labute approximate surface area is 118 Å². The third kappa shape index (κ3) is 2.45. The fourth-order valence-corrected chi connectivity index (χ4v) is 3.14. The molecule has 108 valence electrons. The lowest BCUT2D eigenvalue weighted by Crippen LogP contribution is -2.47. The molecule has 2 saturated heterocycles. The minimum absolute atomic E-state index is 0.188. The van der Waals surface area contributed by atoms with Crippen LogP contribution in [-0.2, 0) is 11.3 Å². The molecule has 2 fully saturated rings. The highest BCUT2D eigenvalue weighted by molar-refractivity contribution is 5.71. The van der Waals surface area contributed by atoms with E-state index in [4.69, 9.17) is 4.74 Å². The van der Waals surface area contributed by atoms with E-state index < -0.39 is 0 Å². The number of hydrogen-bond donors (Lipinski definition) is 2. The molecule has 1 aromatic rings. The van der Waals surface area contributed by atoms with E-state index in [1.54, 1.807) is 18.2 Å². The van der Waals surface area contributed by atoms with E-state index >= 15 is 0 Å². The molecule has 5 heteroatoms. The van der Waals surface area contributed by atoms with Crippen molar-refractivity contribution in [2.24, 2.45) is 0 Å². The summed E-state index contributed by atoms with van der Waals surface area (Å²) in [6.45, 7) is 2.88. The Hall–Kier alpha value is -1.75. The highest BCUT2D eigenvalue weighted by Gasteiger charge is 2.46. The van der Waals surface area contributed by atoms with Gasteiger partial charge in [0.1, 0.15) is 12.4 Å². The van der Waals surface area contributed by atoms with Crippen LogP contribution in [0.25, 0.3) is 0 Å². The van der Waals surface area contributed by atoms with E-state index in [9.17, 15) is 9.90 Å². The summed E-state index contributed by atoms with van der Waals surface area (Å²) in [4.78, 5) is 13.9. The molecule has 0 aromatic heterocycles. The van der Waals surface area contributed by atoms with E-state index in [0.717, 1.165) is 37.9 Å². The first kappa shape index (κ1) is 13.2. The number of ether oxygens (including phenoxy) is 1. The second-order valence-corrected chi connectivity index (χ2v) is 5.64. The average Bonchev–Trinajstić information content (AvgIpc) is 2.64. The summed E-state index contributed by atoms with van der Waals surface area (Å²) in [5, 5.41) is 12.9. The first-order chi connectivity index (χ1) is 9.70. The summed E-state index contributed by atoms with van der Waals surface area (Å²) in [6, 6.07) is 7.06. The molecule has 2 N–H and O–H groups in total. The van der Waals surface area contributed by atoms with Crippen LogP contribution in [0.3, 0.4) is 0 Å². The maximum absolute atomic E-state index is 12.1. The minimum Gasteiger partial charge on any atom is -0.508 e. The maximum Gasteiger partial charge on any atom is 0.410 e. The number of nitrogens with one attached hydrogen (secondary N) is 1. The predicted molar refractivity (Wildman–Crippen MR) is 74.4 cm³/mol. The SMILES string of the molecule is O=C1OCC2(CCCNCC2)N1Cc1cccc(O)c1. The van der Waals surface area contributed by atoms with Crippen molar-refractivity contribution in [3.05, 3.63) is 29.8 Å². The number of benzene rings is 1. The van der Waals surface area contributed by atoms with Crippen LogP contribution >= 0.6 is 0 Å². The van der Waals surface area contributed by atoms with Crippen LogP contribution in [0.1, 0.15) is 24.8 Å². The summed E-state index contributed by atoms with van der Waals surface area (Å²) in [6.07, 6.45) is 2.69. The number of phenolic OH excluding ortho intramolecular Hbond substituents is 1. The van der Waals surface area contributed by atoms with Crippen molar-refractivity contribution in [1.29, 1.82) is 0 Å². The lowest BCUT2D eigenvalue weighted by atomic mass is 9.90. The number of hydrogen-bond acceptors (Lipinski definition) is 4. The zero-order valence-electron chi connectivity index (χ0n) is 11.5. The fraction of sp³-hybridized carbons (Fsp3) is 0.533. The fourth-order valence-electron chi connectivity index (χ4n) is 3.14. The Kier molecular flexibility index (Phi) is 3.53. The van der Waals surface area contributed by atoms with Crippen molar-refractivity contribution >= 4 is 6.09 Å². The molecule has 1 unspecified atom stereocenters. The maximum atomic E-state index is 12.1. The Balaban J connectivity index is 1.83. The van der Waals surface area contributed by atoms with E-state index in [-0.39, 0.29) is 17.4 Å². The second-order valence-electron chi connectivity index (χ2n) is 5.64. The quantitative estimate of drug-likeness (QED) is 0.865. The molecule has 5 nitrogen and oxygen atoms in total. The van der Waals surface area contributed by atoms with Crippen molar-refractivity contribution in [3.63, 3.8) is 0 Å². The second kappa shape index (κ2) is 5.32. The van der Waals surface area contributed by atoms with Crippen LogP contribution in [-0.4, -0.2) is 41.3 Å². The summed E-state index contributed by atoms with van der Waals surface area (Å²) in [5.74, 6) is 0.228. The van der Waals surface area contributed by atoms with Crippen LogP contribution in [0, 0.1) is 0 Å². The highest BCUT2D eigenvalue weighted by Crippen LogP contribution is 2.34. The van der Waals surface area contributed by atoms with Gasteiger partial charge in [0.15, 0.2) is 0 Å². The van der Waals surface area contributed by atoms with Crippen LogP contribution in [0.4, 0.5) is 4.79 Å². The monoisotopic (exact) mass is 276 g/mol. The summed E-state index contributed by atoms with van der Waals surface area (Å²) < 4.78 is 5.31. The lowest BCUT2D eigenvalue weighted by Gasteiger charge is -2.34. The summed E-state index contributed by atoms with van der Waals surface area (Å²) >= 11 is 0. The number of carbonyl (C=O) groups is 1. The standard InChI is InChI=1S/C15H20N2O3/c18-13-4-1-3-12(9-13)10-17-14(19)20-11-15(17)5-2-7-16-8-6-15/h1,3-4,9,16,18H,2,5-8,10-11H2. The summed E-state index contributed by atoms with van der Waals surface area (Å²) in [5.41, 5.74) is 0.743. The van der Waals surface area contributed by atoms with Crippen molar-refractivity contribution in [2.45, 2.75) is 31.3 Å². The molecule has 0 aliphatic carbocycles. The van der Waals surface area contributed by atoms with Crippen molar-refractivity contribution < 1.29 is 14.6 Å². The number of cyclic esters (lactones) is 1. The van der Waals surface area contributed by atoms with Gasteiger partial charge in [0.25, 0.3) is 0 Å². The Bertz CT molecular complexity index is 496. The smallest absolute Gasteiger partial charge is 0.410 e. The van der Waals surface area contributed by atoms with Gasteiger partial charge in [-0.2, -0.15) is 0 Å². The van der Waals surface area contributed by atoms with Gasteiger partial charge < -0.3 is 15.2 Å². The molecule has 0 saturated carbocycles. The molecule has 3 rings (SSSR count). The lowest BCUT2D eigenvalue weighted by molar-refractivity contribution is 0.137. The molecule has 2 aliphatic rings. The minimum atomic E-state index is -0.241. The number of carbonyl (C=O) groups excluding carboxylic acids is 1. The van der Waals surface area contributed by atoms with Gasteiger partial charge in [0.05, 0.1) is 5.54 Å². The molecule has 20 heavy (non-hydrogen) atoms. The van der Waals surface area contributed by atoms with Gasteiger partial charge in [0.2, 0.25) is 0 Å². The predicted octanol–water partition coefficient (Wildman–Crippen LogP) is 1.86. The zero-order valence-corrected chi connectivity index (χ0v) is 11.5. The molecule has 0 bridgehead atoms. The Morgan fingerprint density at radius 1 is 1.35 bits per heavy atom. The molecule has 1 spiro atoms. The van der Waals surface area contributed by atoms with Gasteiger partial charge in [-0.3, -0.25) is 4.90 Å². The Morgan fingerprint density at radius 2 is 2.25 bits per heavy atom. The van der Waals surface area contributed by atoms with Gasteiger partial charge in [0, 0.05) is 6.54 Å². The highest BCUT2D eigenvalue weighted by atomic mass is 16.6. The Morgan fingerprint density at radius 3 is 3.10 bits per heavy atom. The number of phenols is 1. The van der Waals surface area contributed by atoms with Crippen molar-refractivity contribution in [1.82, 2.24) is 10.2 Å². The third-order valence-corrected chi connectivity index (χ3v) is 4.27. The molecule has 2 heterocycles. The molecule has 1 atom stereocenters. The zero-order chi connectivity index (χ0) is 14.0. The van der Waals surface area contributed by atoms with E-state index in [2.05, 4.69) is 5.32 Å². The normalized spacial score (nSPS) is 26.6. The van der Waals surface area contributed by atoms with Gasteiger partial charge >= 0.3 is 6.09 Å². The number of nitrogens with zero attached hydrogens (tertiary/aromatic N) is 1. The van der Waals surface area contributed by atoms with Gasteiger partial charge in [-0.25, -0.2) is 4.79 Å². The van der Waals surface area contributed by atoms with Crippen molar-refractivity contribution in [3.8, 4) is 5.75 Å². The number of amides is 1. The van der Waals surface area contributed by atoms with Crippen LogP contribution in [0.2, 0.25) is 0 Å². The van der Waals surface area contributed by atoms with E-state index in [1.165, 1.54) is 0 Å². The van der Waals surface area contributed by atoms with Gasteiger partial charge in [-0.1, -0.05) is 12.1 Å². The number of rotatable bonds is 2. The molecule has 1 amide bonds. The van der Waals surface area contributed by atoms with E-state index in [1.807, 2.05) is 11.0 Å². The molecule has 1 aromatic carbocycles. The van der Waals surface area contributed by atoms with Crippen LogP contribution in [0.15, 0.2) is 24.3 Å². The third-order valence-electron chi connectivity index (χ3n) is 4.27. The van der Waals surface area contributed by atoms with Gasteiger partial charge in [-0.05, 0) is 50.0 Å². The molecule has 0 radical (unpaired) electrons. The topological polar surface area (TPSA) is 61.8 Å². The number of aromatic hydroxyl groups is 1. The van der Waals surface area contributed by atoms with Gasteiger partial charge in [-0.15, -0.1) is 0 Å².